The van der Waals surface area contributed by atoms with Gasteiger partial charge in [0.15, 0.2) is 0 Å². The highest BCUT2D eigenvalue weighted by atomic mass is 16.6. The van der Waals surface area contributed by atoms with Crippen molar-refractivity contribution in [3.8, 4) is 11.5 Å². The Bertz CT molecular complexity index is 663. The van der Waals surface area contributed by atoms with E-state index in [1.165, 1.54) is 5.56 Å². The van der Waals surface area contributed by atoms with Crippen LogP contribution in [-0.4, -0.2) is 52.9 Å². The summed E-state index contributed by atoms with van der Waals surface area (Å²) in [6.07, 6.45) is 2.13. The number of hydrogen-bond acceptors (Lipinski definition) is 6. The molecule has 0 saturated heterocycles. The molecule has 2 N–H and O–H groups in total. The largest absolute Gasteiger partial charge is 0.491 e. The second kappa shape index (κ2) is 14.7. The molecule has 160 valence electrons. The van der Waals surface area contributed by atoms with Gasteiger partial charge < -0.3 is 29.4 Å². The summed E-state index contributed by atoms with van der Waals surface area (Å²) in [4.78, 5) is 0. The Hall–Kier alpha value is -2.28. The number of hydrogen-bond donors (Lipinski definition) is 1. The van der Waals surface area contributed by atoms with Gasteiger partial charge in [0.1, 0.15) is 24.7 Å². The van der Waals surface area contributed by atoms with E-state index in [2.05, 4.69) is 13.0 Å². The van der Waals surface area contributed by atoms with Crippen molar-refractivity contribution in [3.63, 3.8) is 0 Å². The average molecular weight is 404 g/mol. The third-order valence-electron chi connectivity index (χ3n) is 4.10. The molecule has 2 rings (SSSR count). The minimum absolute atomic E-state index is 0.494. The van der Waals surface area contributed by atoms with Gasteiger partial charge in [-0.05, 0) is 42.3 Å². The highest BCUT2D eigenvalue weighted by molar-refractivity contribution is 5.41. The number of nitrogens with two attached hydrogens (primary N) is 1. The van der Waals surface area contributed by atoms with Crippen molar-refractivity contribution in [2.75, 3.05) is 58.6 Å². The van der Waals surface area contributed by atoms with Gasteiger partial charge in [-0.1, -0.05) is 31.5 Å². The molecular weight excluding hydrogens is 370 g/mol. The molecular formula is C23H33NO5. The Morgan fingerprint density at radius 2 is 1.21 bits per heavy atom. The van der Waals surface area contributed by atoms with Gasteiger partial charge in [-0.15, -0.1) is 0 Å². The van der Waals surface area contributed by atoms with Gasteiger partial charge in [0.05, 0.1) is 39.6 Å². The second-order valence-corrected chi connectivity index (χ2v) is 6.46. The Labute approximate surface area is 173 Å². The van der Waals surface area contributed by atoms with E-state index in [0.29, 0.717) is 52.9 Å². The normalized spacial score (nSPS) is 10.8. The molecule has 0 fully saturated rings. The Morgan fingerprint density at radius 1 is 0.655 bits per heavy atom. The number of rotatable bonds is 16. The molecule has 0 atom stereocenters. The van der Waals surface area contributed by atoms with Crippen molar-refractivity contribution >= 4 is 5.69 Å². The zero-order valence-corrected chi connectivity index (χ0v) is 17.3. The van der Waals surface area contributed by atoms with Gasteiger partial charge in [0, 0.05) is 5.69 Å². The van der Waals surface area contributed by atoms with Crippen molar-refractivity contribution in [1.82, 2.24) is 0 Å². The molecule has 0 aromatic heterocycles. The number of ether oxygens (including phenoxy) is 5. The summed E-state index contributed by atoms with van der Waals surface area (Å²) in [6.45, 7) is 6.41. The summed E-state index contributed by atoms with van der Waals surface area (Å²) in [5.41, 5.74) is 7.59. The predicted octanol–water partition coefficient (Wildman–Crippen LogP) is 3.73. The van der Waals surface area contributed by atoms with Gasteiger partial charge in [0.25, 0.3) is 0 Å². The first-order valence-corrected chi connectivity index (χ1v) is 10.2. The molecule has 0 unspecified atom stereocenters. The first-order chi connectivity index (χ1) is 14.3. The Kier molecular flexibility index (Phi) is 11.6. The lowest BCUT2D eigenvalue weighted by molar-refractivity contribution is 0.00495. The zero-order chi connectivity index (χ0) is 20.6. The Morgan fingerprint density at radius 3 is 1.83 bits per heavy atom. The van der Waals surface area contributed by atoms with Crippen LogP contribution in [0.1, 0.15) is 18.9 Å². The van der Waals surface area contributed by atoms with Crippen LogP contribution in [0.2, 0.25) is 0 Å². The number of aryl methyl sites for hydroxylation is 1. The average Bonchev–Trinajstić information content (AvgIpc) is 2.74. The van der Waals surface area contributed by atoms with Crippen molar-refractivity contribution in [3.05, 3.63) is 54.1 Å². The van der Waals surface area contributed by atoms with Gasteiger partial charge in [-0.3, -0.25) is 0 Å². The van der Waals surface area contributed by atoms with Crippen LogP contribution in [0, 0.1) is 0 Å². The van der Waals surface area contributed by atoms with Crippen LogP contribution in [0.25, 0.3) is 0 Å². The number of para-hydroxylation sites is 1. The monoisotopic (exact) mass is 403 g/mol. The smallest absolute Gasteiger partial charge is 0.122 e. The minimum Gasteiger partial charge on any atom is -0.491 e. The van der Waals surface area contributed by atoms with E-state index in [1.807, 2.05) is 42.5 Å². The minimum atomic E-state index is 0.494. The maximum Gasteiger partial charge on any atom is 0.122 e. The molecule has 0 aliphatic heterocycles. The van der Waals surface area contributed by atoms with Gasteiger partial charge in [-0.25, -0.2) is 0 Å². The third-order valence-corrected chi connectivity index (χ3v) is 4.10. The van der Waals surface area contributed by atoms with E-state index >= 15 is 0 Å². The van der Waals surface area contributed by atoms with Crippen molar-refractivity contribution in [1.29, 1.82) is 0 Å². The van der Waals surface area contributed by atoms with Crippen LogP contribution in [0.15, 0.2) is 48.5 Å². The summed E-state index contributed by atoms with van der Waals surface area (Å²) in [6, 6.07) is 15.5. The van der Waals surface area contributed by atoms with E-state index in [9.17, 15) is 0 Å². The van der Waals surface area contributed by atoms with Crippen molar-refractivity contribution < 1.29 is 23.7 Å². The number of nitrogen functional groups attached to an aromatic ring is 1. The van der Waals surface area contributed by atoms with Crippen LogP contribution in [-0.2, 0) is 20.6 Å². The van der Waals surface area contributed by atoms with E-state index in [4.69, 9.17) is 29.4 Å². The van der Waals surface area contributed by atoms with Crippen LogP contribution in [0.5, 0.6) is 11.5 Å². The molecule has 0 aliphatic rings. The quantitative estimate of drug-likeness (QED) is 0.340. The Balaban J connectivity index is 1.37. The topological polar surface area (TPSA) is 72.2 Å². The molecule has 2 aromatic rings. The summed E-state index contributed by atoms with van der Waals surface area (Å²) in [5, 5.41) is 0. The highest BCUT2D eigenvalue weighted by Gasteiger charge is 2.01. The maximum atomic E-state index is 5.81. The fraction of sp³-hybridized carbons (Fsp3) is 0.478. The van der Waals surface area contributed by atoms with Crippen LogP contribution < -0.4 is 15.2 Å². The molecule has 0 aliphatic carbocycles. The summed E-state index contributed by atoms with van der Waals surface area (Å²) in [7, 11) is 0. The molecule has 2 aromatic carbocycles. The SMILES string of the molecule is CCCc1ccccc1OCCOCCOCCOCCOc1ccc(N)cc1. The highest BCUT2D eigenvalue weighted by Crippen LogP contribution is 2.19. The third kappa shape index (κ3) is 10.2. The van der Waals surface area contributed by atoms with Crippen LogP contribution in [0.4, 0.5) is 5.69 Å². The summed E-state index contributed by atoms with van der Waals surface area (Å²) >= 11 is 0. The molecule has 0 spiro atoms. The van der Waals surface area contributed by atoms with E-state index in [1.54, 1.807) is 0 Å². The summed E-state index contributed by atoms with van der Waals surface area (Å²) in [5.74, 6) is 1.74. The van der Waals surface area contributed by atoms with Crippen LogP contribution >= 0.6 is 0 Å². The predicted molar refractivity (Wildman–Crippen MR) is 115 cm³/mol. The summed E-state index contributed by atoms with van der Waals surface area (Å²) < 4.78 is 27.8. The molecule has 29 heavy (non-hydrogen) atoms. The first kappa shape index (κ1) is 23.0. The number of benzene rings is 2. The molecule has 0 amide bonds. The standard InChI is InChI=1S/C23H33NO5/c1-2-5-20-6-3-4-7-23(20)29-19-17-27-15-13-25-12-14-26-16-18-28-22-10-8-21(24)9-11-22/h3-4,6-11H,2,5,12-19,24H2,1H3. The fourth-order valence-electron chi connectivity index (χ4n) is 2.66. The first-order valence-electron chi connectivity index (χ1n) is 10.2. The van der Waals surface area contributed by atoms with E-state index < -0.39 is 0 Å². The molecule has 0 bridgehead atoms. The van der Waals surface area contributed by atoms with Gasteiger partial charge in [0.2, 0.25) is 0 Å². The van der Waals surface area contributed by atoms with Gasteiger partial charge >= 0.3 is 0 Å². The van der Waals surface area contributed by atoms with Gasteiger partial charge in [-0.2, -0.15) is 0 Å². The lowest BCUT2D eigenvalue weighted by atomic mass is 10.1. The van der Waals surface area contributed by atoms with Crippen molar-refractivity contribution in [2.24, 2.45) is 0 Å². The molecule has 0 saturated carbocycles. The molecule has 6 heteroatoms. The van der Waals surface area contributed by atoms with Crippen molar-refractivity contribution in [2.45, 2.75) is 19.8 Å². The maximum absolute atomic E-state index is 5.81. The fourth-order valence-corrected chi connectivity index (χ4v) is 2.66. The molecule has 0 heterocycles. The molecule has 0 radical (unpaired) electrons. The van der Waals surface area contributed by atoms with E-state index in [-0.39, 0.29) is 0 Å². The second-order valence-electron chi connectivity index (χ2n) is 6.46. The lowest BCUT2D eigenvalue weighted by Gasteiger charge is -2.11. The lowest BCUT2D eigenvalue weighted by Crippen LogP contribution is -2.14. The molecule has 6 nitrogen and oxygen atoms in total. The number of anilines is 1. The van der Waals surface area contributed by atoms with Crippen LogP contribution in [0.3, 0.4) is 0 Å². The zero-order valence-electron chi connectivity index (χ0n) is 17.3. The van der Waals surface area contributed by atoms with E-state index in [0.717, 1.165) is 30.0 Å².